The van der Waals surface area contributed by atoms with E-state index in [9.17, 15) is 0 Å². The van der Waals surface area contributed by atoms with Crippen LogP contribution in [0, 0.1) is 11.8 Å². The van der Waals surface area contributed by atoms with Gasteiger partial charge in [-0.15, -0.1) is 0 Å². The average molecular weight is 168 g/mol. The topological polar surface area (TPSA) is 23.8 Å². The van der Waals surface area contributed by atoms with Crippen LogP contribution >= 0.6 is 0 Å². The molecule has 0 heterocycles. The van der Waals surface area contributed by atoms with Gasteiger partial charge in [0.15, 0.2) is 0 Å². The minimum absolute atomic E-state index is 0. The van der Waals surface area contributed by atoms with Crippen molar-refractivity contribution < 1.29 is 70.9 Å². The van der Waals surface area contributed by atoms with Crippen LogP contribution in [-0.2, 0) is 19.5 Å². The Hall–Kier alpha value is 1.75. The van der Waals surface area contributed by atoms with Gasteiger partial charge in [-0.1, -0.05) is 0 Å². The van der Waals surface area contributed by atoms with E-state index in [1.165, 1.54) is 0 Å². The maximum absolute atomic E-state index is 6.25. The Balaban J connectivity index is -0.00000000500. The second-order valence-electron chi connectivity index (χ2n) is 0. The zero-order chi connectivity index (χ0) is 2.00. The molecule has 0 atom stereocenters. The van der Waals surface area contributed by atoms with Crippen molar-refractivity contribution in [2.45, 2.75) is 0 Å². The van der Waals surface area contributed by atoms with Gasteiger partial charge in [0.2, 0.25) is 0 Å². The maximum atomic E-state index is 6.25. The molecule has 0 rings (SSSR count). The normalized spacial score (nSPS) is 0.500. The van der Waals surface area contributed by atoms with Gasteiger partial charge >= 0.3 is 51.4 Å². The molecule has 0 N–H and O–H groups in total. The molecule has 0 aliphatic carbocycles. The van der Waals surface area contributed by atoms with Crippen LogP contribution in [0.25, 0.3) is 0 Å². The third kappa shape index (κ3) is 9.26. The van der Waals surface area contributed by atoms with Crippen LogP contribution in [0.3, 0.4) is 0 Å². The minimum atomic E-state index is 0. The SMILES string of the molecule is [C-]#N.[K+].[Rh]. The van der Waals surface area contributed by atoms with Crippen molar-refractivity contribution in [2.75, 3.05) is 0 Å². The van der Waals surface area contributed by atoms with E-state index in [1.54, 1.807) is 0 Å². The van der Waals surface area contributed by atoms with Crippen molar-refractivity contribution in [3.05, 3.63) is 6.57 Å². The summed E-state index contributed by atoms with van der Waals surface area (Å²) in [5.74, 6) is 0. The van der Waals surface area contributed by atoms with Gasteiger partial charge < -0.3 is 11.8 Å². The molecule has 0 aromatic heterocycles. The maximum Gasteiger partial charge on any atom is 1.00 e. The van der Waals surface area contributed by atoms with Crippen LogP contribution < -0.4 is 51.4 Å². The van der Waals surface area contributed by atoms with E-state index in [0.29, 0.717) is 0 Å². The third-order valence-electron chi connectivity index (χ3n) is 0. The average Bonchev–Trinajstić information content (AvgIpc) is 1.00. The molecule has 0 spiro atoms. The molecule has 19 valence electrons. The molecule has 4 heavy (non-hydrogen) atoms. The van der Waals surface area contributed by atoms with Gasteiger partial charge in [0.1, 0.15) is 0 Å². The molecule has 0 saturated heterocycles. The van der Waals surface area contributed by atoms with Gasteiger partial charge in [-0.05, 0) is 0 Å². The Bertz CT molecular complexity index is 12.8. The Labute approximate surface area is 80.9 Å². The molecular weight excluding hydrogens is 168 g/mol. The molecule has 0 aliphatic heterocycles. The summed E-state index contributed by atoms with van der Waals surface area (Å²) in [7, 11) is 0. The molecule has 0 bridgehead atoms. The van der Waals surface area contributed by atoms with Crippen molar-refractivity contribution in [3.63, 3.8) is 0 Å². The summed E-state index contributed by atoms with van der Waals surface area (Å²) in [5, 5.41) is 6.25. The Morgan fingerprint density at radius 1 is 1.25 bits per heavy atom. The first kappa shape index (κ1) is 17.2. The standard InChI is InChI=1S/CN.K.Rh/c1-2;;/q-1;+1;. The van der Waals surface area contributed by atoms with Crippen molar-refractivity contribution in [1.29, 1.82) is 5.26 Å². The van der Waals surface area contributed by atoms with E-state index in [4.69, 9.17) is 11.8 Å². The van der Waals surface area contributed by atoms with Crippen LogP contribution in [0.5, 0.6) is 0 Å². The molecule has 1 radical (unpaired) electrons. The van der Waals surface area contributed by atoms with Gasteiger partial charge in [-0.2, -0.15) is 0 Å². The van der Waals surface area contributed by atoms with E-state index in [2.05, 4.69) is 0 Å². The molecule has 0 unspecified atom stereocenters. The molecular formula is CKNRh. The molecule has 0 amide bonds. The van der Waals surface area contributed by atoms with Crippen LogP contribution in [0.2, 0.25) is 0 Å². The zero-order valence-electron chi connectivity index (χ0n) is 2.28. The van der Waals surface area contributed by atoms with Gasteiger partial charge in [0.25, 0.3) is 0 Å². The summed E-state index contributed by atoms with van der Waals surface area (Å²) in [4.78, 5) is 0. The Morgan fingerprint density at radius 2 is 1.25 bits per heavy atom. The zero-order valence-corrected chi connectivity index (χ0v) is 7.04. The van der Waals surface area contributed by atoms with Crippen molar-refractivity contribution >= 4 is 0 Å². The van der Waals surface area contributed by atoms with Gasteiger partial charge in [0, 0.05) is 19.5 Å². The van der Waals surface area contributed by atoms with E-state index < -0.39 is 0 Å². The quantitative estimate of drug-likeness (QED) is 0.281. The van der Waals surface area contributed by atoms with Crippen LogP contribution in [0.15, 0.2) is 0 Å². The number of hydrogen-bond donors (Lipinski definition) is 0. The summed E-state index contributed by atoms with van der Waals surface area (Å²) in [5.41, 5.74) is 0. The first-order chi connectivity index (χ1) is 1.00. The molecule has 1 nitrogen and oxygen atoms in total. The van der Waals surface area contributed by atoms with Crippen molar-refractivity contribution in [1.82, 2.24) is 0 Å². The summed E-state index contributed by atoms with van der Waals surface area (Å²) in [6.45, 7) is 4.75. The predicted octanol–water partition coefficient (Wildman–Crippen LogP) is -2.90. The van der Waals surface area contributed by atoms with Gasteiger partial charge in [0.05, 0.1) is 0 Å². The fourth-order valence-electron chi connectivity index (χ4n) is 0. The molecule has 3 heteroatoms. The van der Waals surface area contributed by atoms with Crippen LogP contribution in [0.4, 0.5) is 0 Å². The Morgan fingerprint density at radius 3 is 1.25 bits per heavy atom. The van der Waals surface area contributed by atoms with Gasteiger partial charge in [-0.3, -0.25) is 0 Å². The van der Waals surface area contributed by atoms with Crippen LogP contribution in [0.1, 0.15) is 0 Å². The Kier molecular flexibility index (Phi) is 93.6. The van der Waals surface area contributed by atoms with E-state index in [-0.39, 0.29) is 70.9 Å². The molecule has 0 saturated carbocycles. The predicted molar refractivity (Wildman–Crippen MR) is 4.97 cm³/mol. The fraction of sp³-hybridized carbons (Fsp3) is 0. The molecule has 0 aliphatic rings. The monoisotopic (exact) mass is 168 g/mol. The summed E-state index contributed by atoms with van der Waals surface area (Å²) < 4.78 is 0. The first-order valence-electron chi connectivity index (χ1n) is 0.224. The third-order valence-corrected chi connectivity index (χ3v) is 0. The minimum Gasteiger partial charge on any atom is -0.512 e. The summed E-state index contributed by atoms with van der Waals surface area (Å²) in [6, 6.07) is 0. The van der Waals surface area contributed by atoms with E-state index in [1.807, 2.05) is 0 Å². The number of rotatable bonds is 0. The van der Waals surface area contributed by atoms with E-state index >= 15 is 0 Å². The second kappa shape index (κ2) is 21.8. The number of hydrogen-bond acceptors (Lipinski definition) is 1. The first-order valence-corrected chi connectivity index (χ1v) is 0.224. The summed E-state index contributed by atoms with van der Waals surface area (Å²) >= 11 is 0. The van der Waals surface area contributed by atoms with Crippen molar-refractivity contribution in [2.24, 2.45) is 0 Å². The fourth-order valence-corrected chi connectivity index (χ4v) is 0. The largest absolute Gasteiger partial charge is 1.00 e. The molecule has 0 fully saturated rings. The second-order valence-corrected chi connectivity index (χ2v) is 0. The number of nitrogens with zero attached hydrogens (tertiary/aromatic N) is 1. The smallest absolute Gasteiger partial charge is 0.512 e. The molecule has 0 aromatic carbocycles. The van der Waals surface area contributed by atoms with E-state index in [0.717, 1.165) is 0 Å². The van der Waals surface area contributed by atoms with Crippen LogP contribution in [-0.4, -0.2) is 0 Å². The summed E-state index contributed by atoms with van der Waals surface area (Å²) in [6.07, 6.45) is 0. The van der Waals surface area contributed by atoms with Crippen molar-refractivity contribution in [3.8, 4) is 0 Å². The van der Waals surface area contributed by atoms with Gasteiger partial charge in [-0.25, -0.2) is 0 Å². The molecule has 0 aromatic rings.